The second-order valence-electron chi connectivity index (χ2n) is 2.41. The topological polar surface area (TPSA) is 154 Å². The molecule has 15 heavy (non-hydrogen) atoms. The SMILES string of the molecule is NS(=O)(=O)c1ccc([NH3+])cc1.O=[N+]([O-])[O-]. The first-order valence-corrected chi connectivity index (χ1v) is 5.04. The first kappa shape index (κ1) is 13.3. The van der Waals surface area contributed by atoms with Crippen LogP contribution >= 0.6 is 0 Å². The summed E-state index contributed by atoms with van der Waals surface area (Å²) in [5.41, 5.74) is 4.37. The largest absolute Gasteiger partial charge is 0.356 e. The molecular weight excluding hydrogens is 226 g/mol. The van der Waals surface area contributed by atoms with E-state index in [-0.39, 0.29) is 4.90 Å². The number of primary sulfonamides is 1. The van der Waals surface area contributed by atoms with Crippen LogP contribution in [0.1, 0.15) is 0 Å². The number of nitrogens with two attached hydrogens (primary N) is 1. The third kappa shape index (κ3) is 6.37. The summed E-state index contributed by atoms with van der Waals surface area (Å²) in [6.07, 6.45) is 0. The third-order valence-electron chi connectivity index (χ3n) is 1.25. The van der Waals surface area contributed by atoms with E-state index in [4.69, 9.17) is 20.5 Å². The Balaban J connectivity index is 0.000000423. The molecule has 0 saturated heterocycles. The van der Waals surface area contributed by atoms with Crippen molar-refractivity contribution < 1.29 is 19.2 Å². The predicted octanol–water partition coefficient (Wildman–Crippen LogP) is -1.03. The van der Waals surface area contributed by atoms with Crippen LogP contribution in [0.3, 0.4) is 0 Å². The van der Waals surface area contributed by atoms with Crippen LogP contribution in [-0.4, -0.2) is 13.5 Å². The van der Waals surface area contributed by atoms with Crippen LogP contribution in [0.2, 0.25) is 0 Å². The van der Waals surface area contributed by atoms with Crippen LogP contribution in [0.25, 0.3) is 0 Å². The molecular formula is C6H9N3O5S. The molecule has 0 heterocycles. The molecule has 8 nitrogen and oxygen atoms in total. The molecule has 0 aliphatic carbocycles. The number of quaternary nitrogens is 1. The quantitative estimate of drug-likeness (QED) is 0.470. The van der Waals surface area contributed by atoms with Crippen molar-refractivity contribution in [2.24, 2.45) is 5.14 Å². The van der Waals surface area contributed by atoms with E-state index in [0.29, 0.717) is 0 Å². The summed E-state index contributed by atoms with van der Waals surface area (Å²) in [6, 6.07) is 6.05. The lowest BCUT2D eigenvalue weighted by Gasteiger charge is -1.94. The van der Waals surface area contributed by atoms with Crippen LogP contribution in [0.5, 0.6) is 0 Å². The minimum atomic E-state index is -3.55. The summed E-state index contributed by atoms with van der Waals surface area (Å²) in [4.78, 5) is 8.37. The van der Waals surface area contributed by atoms with Gasteiger partial charge in [-0.3, -0.25) is 0 Å². The van der Waals surface area contributed by atoms with Gasteiger partial charge in [-0.2, -0.15) is 0 Å². The summed E-state index contributed by atoms with van der Waals surface area (Å²) in [5, 5.41) is 19.6. The van der Waals surface area contributed by atoms with Crippen LogP contribution in [0.15, 0.2) is 29.2 Å². The van der Waals surface area contributed by atoms with E-state index < -0.39 is 15.1 Å². The van der Waals surface area contributed by atoms with Crippen molar-refractivity contribution in [2.45, 2.75) is 4.90 Å². The van der Waals surface area contributed by atoms with Crippen molar-refractivity contribution in [3.63, 3.8) is 0 Å². The maximum atomic E-state index is 10.7. The molecule has 1 aromatic rings. The molecule has 84 valence electrons. The molecule has 0 fully saturated rings. The molecule has 0 aliphatic rings. The summed E-state index contributed by atoms with van der Waals surface area (Å²) >= 11 is 0. The van der Waals surface area contributed by atoms with Crippen molar-refractivity contribution in [1.82, 2.24) is 0 Å². The zero-order chi connectivity index (χ0) is 12.1. The molecule has 0 aliphatic heterocycles. The lowest BCUT2D eigenvalue weighted by molar-refractivity contribution is -0.402. The zero-order valence-electron chi connectivity index (χ0n) is 7.49. The molecule has 0 spiro atoms. The summed E-state index contributed by atoms with van der Waals surface area (Å²) < 4.78 is 21.4. The van der Waals surface area contributed by atoms with Crippen molar-refractivity contribution in [3.8, 4) is 0 Å². The summed E-state index contributed by atoms with van der Waals surface area (Å²) in [6.45, 7) is 0. The molecule has 0 atom stereocenters. The molecule has 5 N–H and O–H groups in total. The van der Waals surface area contributed by atoms with Gasteiger partial charge in [-0.25, -0.2) is 13.6 Å². The fraction of sp³-hybridized carbons (Fsp3) is 0. The average molecular weight is 235 g/mol. The van der Waals surface area contributed by atoms with Crippen LogP contribution in [0, 0.1) is 15.3 Å². The van der Waals surface area contributed by atoms with Gasteiger partial charge in [-0.1, -0.05) is 0 Å². The first-order chi connectivity index (χ1) is 6.73. The van der Waals surface area contributed by atoms with Gasteiger partial charge in [0.1, 0.15) is 5.69 Å². The van der Waals surface area contributed by atoms with Gasteiger partial charge in [0, 0.05) is 12.1 Å². The van der Waals surface area contributed by atoms with E-state index >= 15 is 0 Å². The van der Waals surface area contributed by atoms with Crippen molar-refractivity contribution in [2.75, 3.05) is 0 Å². The number of nitrogens with zero attached hydrogens (tertiary/aromatic N) is 1. The Morgan fingerprint density at radius 2 is 1.53 bits per heavy atom. The van der Waals surface area contributed by atoms with E-state index in [2.05, 4.69) is 5.73 Å². The van der Waals surface area contributed by atoms with Gasteiger partial charge < -0.3 is 21.1 Å². The van der Waals surface area contributed by atoms with Crippen molar-refractivity contribution in [3.05, 3.63) is 39.6 Å². The first-order valence-electron chi connectivity index (χ1n) is 3.50. The van der Waals surface area contributed by atoms with Gasteiger partial charge in [0.15, 0.2) is 0 Å². The predicted molar refractivity (Wildman–Crippen MR) is 50.7 cm³/mol. The van der Waals surface area contributed by atoms with Crippen LogP contribution in [0.4, 0.5) is 5.69 Å². The standard InChI is InChI=1S/C6H8N2O2S.NO3/c7-5-1-3-6(4-2-5)11(8,9)10;2-1(3)4/h1-4H,7H2,(H2,8,9,10);/q;-1/p+1. The number of rotatable bonds is 1. The van der Waals surface area contributed by atoms with E-state index in [1.54, 1.807) is 12.1 Å². The Labute approximate surface area is 85.3 Å². The summed E-state index contributed by atoms with van der Waals surface area (Å²) in [5.74, 6) is 0. The fourth-order valence-corrected chi connectivity index (χ4v) is 1.19. The third-order valence-corrected chi connectivity index (χ3v) is 2.18. The highest BCUT2D eigenvalue weighted by Gasteiger charge is 2.05. The molecule has 0 radical (unpaired) electrons. The monoisotopic (exact) mass is 235 g/mol. The Bertz CT molecular complexity index is 423. The van der Waals surface area contributed by atoms with Gasteiger partial charge in [0.25, 0.3) is 0 Å². The Hall–Kier alpha value is -1.71. The molecule has 0 amide bonds. The lowest BCUT2D eigenvalue weighted by atomic mass is 10.3. The highest BCUT2D eigenvalue weighted by molar-refractivity contribution is 7.89. The van der Waals surface area contributed by atoms with E-state index in [1.807, 2.05) is 0 Å². The maximum Gasteiger partial charge on any atom is 0.238 e. The van der Waals surface area contributed by atoms with Gasteiger partial charge in [-0.15, -0.1) is 0 Å². The second-order valence-corrected chi connectivity index (χ2v) is 3.97. The molecule has 0 bridgehead atoms. The minimum Gasteiger partial charge on any atom is -0.356 e. The van der Waals surface area contributed by atoms with Crippen molar-refractivity contribution in [1.29, 1.82) is 0 Å². The lowest BCUT2D eigenvalue weighted by Crippen LogP contribution is -2.39. The van der Waals surface area contributed by atoms with Crippen molar-refractivity contribution >= 4 is 15.7 Å². The van der Waals surface area contributed by atoms with Gasteiger partial charge >= 0.3 is 0 Å². The zero-order valence-corrected chi connectivity index (χ0v) is 8.31. The minimum absolute atomic E-state index is 0.116. The number of benzene rings is 1. The Kier molecular flexibility index (Phi) is 4.64. The maximum absolute atomic E-state index is 10.7. The van der Waals surface area contributed by atoms with Crippen LogP contribution < -0.4 is 10.9 Å². The molecule has 0 unspecified atom stereocenters. The fourth-order valence-electron chi connectivity index (χ4n) is 0.679. The Morgan fingerprint density at radius 3 is 1.80 bits per heavy atom. The smallest absolute Gasteiger partial charge is 0.238 e. The number of hydrogen-bond donors (Lipinski definition) is 2. The highest BCUT2D eigenvalue weighted by Crippen LogP contribution is 2.07. The normalized spacial score (nSPS) is 10.0. The van der Waals surface area contributed by atoms with E-state index in [9.17, 15) is 8.42 Å². The number of sulfonamides is 1. The van der Waals surface area contributed by atoms with Gasteiger partial charge in [-0.05, 0) is 12.1 Å². The van der Waals surface area contributed by atoms with E-state index in [1.165, 1.54) is 12.1 Å². The van der Waals surface area contributed by atoms with E-state index in [0.717, 1.165) is 5.69 Å². The second kappa shape index (κ2) is 5.24. The van der Waals surface area contributed by atoms with Gasteiger partial charge in [0.2, 0.25) is 10.0 Å². The van der Waals surface area contributed by atoms with Crippen LogP contribution in [-0.2, 0) is 10.0 Å². The van der Waals surface area contributed by atoms with Gasteiger partial charge in [0.05, 0.1) is 9.98 Å². The molecule has 1 aromatic carbocycles. The highest BCUT2D eigenvalue weighted by atomic mass is 32.2. The summed E-state index contributed by atoms with van der Waals surface area (Å²) in [7, 11) is -3.55. The average Bonchev–Trinajstić information content (AvgIpc) is 2.01. The number of hydrogen-bond acceptors (Lipinski definition) is 5. The molecule has 9 heteroatoms. The molecule has 0 saturated carbocycles. The molecule has 1 rings (SSSR count). The Morgan fingerprint density at radius 1 is 1.20 bits per heavy atom. The molecule has 0 aromatic heterocycles.